The van der Waals surface area contributed by atoms with E-state index in [9.17, 15) is 9.59 Å². The van der Waals surface area contributed by atoms with Gasteiger partial charge >= 0.3 is 0 Å². The van der Waals surface area contributed by atoms with Gasteiger partial charge in [0.15, 0.2) is 11.6 Å². The lowest BCUT2D eigenvalue weighted by Gasteiger charge is -2.45. The normalized spacial score (nSPS) is 17.9. The van der Waals surface area contributed by atoms with Crippen molar-refractivity contribution in [3.05, 3.63) is 124 Å². The molecule has 0 aromatic heterocycles. The second-order valence-corrected chi connectivity index (χ2v) is 10.9. The summed E-state index contributed by atoms with van der Waals surface area (Å²) in [6, 6.07) is 25.8. The van der Waals surface area contributed by atoms with Crippen LogP contribution in [0.4, 0.5) is 5.69 Å². The molecule has 4 aromatic rings. The fourth-order valence-corrected chi connectivity index (χ4v) is 5.99. The first kappa shape index (κ1) is 26.4. The topological polar surface area (TPSA) is 65.1 Å². The number of anilines is 1. The molecule has 0 bridgehead atoms. The van der Waals surface area contributed by atoms with Gasteiger partial charge in [-0.2, -0.15) is 0 Å². The van der Waals surface area contributed by atoms with E-state index in [1.807, 2.05) is 73.8 Å². The molecule has 4 aromatic carbocycles. The highest BCUT2D eigenvalue weighted by molar-refractivity contribution is 6.11. The second-order valence-electron chi connectivity index (χ2n) is 10.9. The first-order valence-electron chi connectivity index (χ1n) is 13.5. The van der Waals surface area contributed by atoms with Gasteiger partial charge in [0.25, 0.3) is 0 Å². The molecule has 2 aliphatic heterocycles. The average molecular weight is 546 g/mol. The Labute approximate surface area is 239 Å². The Hall–Kier alpha value is -4.84. The van der Waals surface area contributed by atoms with E-state index in [2.05, 4.69) is 24.8 Å². The fourth-order valence-electron chi connectivity index (χ4n) is 5.99. The minimum absolute atomic E-state index is 0.0102. The number of benzene rings is 4. The summed E-state index contributed by atoms with van der Waals surface area (Å²) >= 11 is 0. The molecule has 206 valence electrons. The third-order valence-electron chi connectivity index (χ3n) is 8.40. The lowest BCUT2D eigenvalue weighted by molar-refractivity contribution is 0.0581. The van der Waals surface area contributed by atoms with Gasteiger partial charge in [0.05, 0.1) is 25.2 Å². The van der Waals surface area contributed by atoms with Crippen LogP contribution in [0.5, 0.6) is 17.2 Å². The highest BCUT2D eigenvalue weighted by Gasteiger charge is 2.57. The highest BCUT2D eigenvalue weighted by atomic mass is 16.5. The van der Waals surface area contributed by atoms with Gasteiger partial charge in [0.2, 0.25) is 5.72 Å². The first-order chi connectivity index (χ1) is 19.7. The minimum atomic E-state index is -0.818. The highest BCUT2D eigenvalue weighted by Crippen LogP contribution is 2.54. The van der Waals surface area contributed by atoms with E-state index in [-0.39, 0.29) is 11.6 Å². The molecular formula is C35H31NO5. The number of hydrogen-bond donors (Lipinski definition) is 0. The van der Waals surface area contributed by atoms with Crippen LogP contribution in [-0.4, -0.2) is 38.6 Å². The first-order valence-corrected chi connectivity index (χ1v) is 13.5. The van der Waals surface area contributed by atoms with Crippen LogP contribution >= 0.6 is 0 Å². The summed E-state index contributed by atoms with van der Waals surface area (Å²) in [6.45, 7) is 4.27. The Morgan fingerprint density at radius 2 is 1.51 bits per heavy atom. The Bertz CT molecular complexity index is 1720. The SMILES string of the molecule is COc1ccc(C(=O)c2ccc3c(c2)C=CC2(O3)N(C)c3ccc(C(=O)c4ccccc4)cc3C2(C)C)c(OC)c1. The summed E-state index contributed by atoms with van der Waals surface area (Å²) in [7, 11) is 5.12. The summed E-state index contributed by atoms with van der Waals surface area (Å²) in [5.41, 5.74) is 3.83. The zero-order chi connectivity index (χ0) is 28.9. The summed E-state index contributed by atoms with van der Waals surface area (Å²) in [4.78, 5) is 28.8. The molecule has 6 nitrogen and oxygen atoms in total. The monoisotopic (exact) mass is 545 g/mol. The van der Waals surface area contributed by atoms with Gasteiger partial charge in [-0.15, -0.1) is 0 Å². The third-order valence-corrected chi connectivity index (χ3v) is 8.40. The van der Waals surface area contributed by atoms with Crippen molar-refractivity contribution in [2.24, 2.45) is 0 Å². The molecule has 0 N–H and O–H groups in total. The number of methoxy groups -OCH3 is 2. The number of ether oxygens (including phenoxy) is 3. The molecule has 0 fully saturated rings. The van der Waals surface area contributed by atoms with Crippen molar-refractivity contribution in [3.63, 3.8) is 0 Å². The van der Waals surface area contributed by atoms with E-state index in [0.717, 1.165) is 16.8 Å². The van der Waals surface area contributed by atoms with Crippen LogP contribution in [-0.2, 0) is 5.41 Å². The van der Waals surface area contributed by atoms with Gasteiger partial charge in [-0.3, -0.25) is 9.59 Å². The van der Waals surface area contributed by atoms with Crippen molar-refractivity contribution in [2.75, 3.05) is 26.2 Å². The summed E-state index contributed by atoms with van der Waals surface area (Å²) in [5, 5.41) is 0. The summed E-state index contributed by atoms with van der Waals surface area (Å²) in [5.74, 6) is 1.59. The van der Waals surface area contributed by atoms with E-state index in [4.69, 9.17) is 14.2 Å². The van der Waals surface area contributed by atoms with Crippen LogP contribution in [0.15, 0.2) is 91.0 Å². The maximum Gasteiger partial charge on any atom is 0.211 e. The molecule has 2 heterocycles. The van der Waals surface area contributed by atoms with Gasteiger partial charge in [-0.1, -0.05) is 30.3 Å². The summed E-state index contributed by atoms with van der Waals surface area (Å²) < 4.78 is 17.5. The Balaban J connectivity index is 1.33. The Morgan fingerprint density at radius 3 is 2.24 bits per heavy atom. The van der Waals surface area contributed by atoms with Crippen LogP contribution < -0.4 is 19.1 Å². The Morgan fingerprint density at radius 1 is 0.780 bits per heavy atom. The van der Waals surface area contributed by atoms with Crippen molar-refractivity contribution in [1.82, 2.24) is 0 Å². The van der Waals surface area contributed by atoms with Gasteiger partial charge < -0.3 is 19.1 Å². The number of carbonyl (C=O) groups excluding carboxylic acids is 2. The zero-order valence-corrected chi connectivity index (χ0v) is 23.7. The molecule has 0 amide bonds. The number of fused-ring (bicyclic) bond motifs is 2. The van der Waals surface area contributed by atoms with Crippen molar-refractivity contribution < 1.29 is 23.8 Å². The molecule has 0 saturated carbocycles. The molecule has 41 heavy (non-hydrogen) atoms. The number of nitrogens with zero attached hydrogens (tertiary/aromatic N) is 1. The maximum atomic E-state index is 13.4. The standard InChI is InChI=1S/C35H31NO5/c1-34(2)28-20-25(32(37)22-9-7-6-8-10-22)11-15-29(28)36(3)35(34)18-17-23-19-24(12-16-30(23)41-35)33(38)27-14-13-26(39-4)21-31(27)40-5/h6-21H,1-5H3. The van der Waals surface area contributed by atoms with Gasteiger partial charge in [0, 0.05) is 41.1 Å². The predicted molar refractivity (Wildman–Crippen MR) is 160 cm³/mol. The molecule has 0 aliphatic carbocycles. The summed E-state index contributed by atoms with van der Waals surface area (Å²) in [6.07, 6.45) is 4.07. The van der Waals surface area contributed by atoms with Crippen molar-refractivity contribution in [3.8, 4) is 17.2 Å². The van der Waals surface area contributed by atoms with Crippen LogP contribution in [0.2, 0.25) is 0 Å². The Kier molecular flexibility index (Phi) is 6.22. The molecule has 6 heteroatoms. The van der Waals surface area contributed by atoms with Gasteiger partial charge in [-0.25, -0.2) is 0 Å². The molecule has 1 unspecified atom stereocenters. The van der Waals surface area contributed by atoms with Gasteiger partial charge in [-0.05, 0) is 80.1 Å². The van der Waals surface area contributed by atoms with Crippen LogP contribution in [0.3, 0.4) is 0 Å². The maximum absolute atomic E-state index is 13.4. The molecular weight excluding hydrogens is 514 g/mol. The molecule has 6 rings (SSSR count). The van der Waals surface area contributed by atoms with Crippen LogP contribution in [0.25, 0.3) is 6.08 Å². The van der Waals surface area contributed by atoms with E-state index in [1.54, 1.807) is 31.4 Å². The number of hydrogen-bond acceptors (Lipinski definition) is 6. The van der Waals surface area contributed by atoms with E-state index >= 15 is 0 Å². The van der Waals surface area contributed by atoms with Crippen molar-refractivity contribution in [2.45, 2.75) is 25.0 Å². The average Bonchev–Trinajstić information content (AvgIpc) is 3.17. The quantitative estimate of drug-likeness (QED) is 0.251. The van der Waals surface area contributed by atoms with Crippen LogP contribution in [0, 0.1) is 0 Å². The number of likely N-dealkylation sites (N-methyl/N-ethyl adjacent to an activating group) is 1. The largest absolute Gasteiger partial charge is 0.497 e. The lowest BCUT2D eigenvalue weighted by atomic mass is 9.75. The molecule has 0 radical (unpaired) electrons. The minimum Gasteiger partial charge on any atom is -0.497 e. The van der Waals surface area contributed by atoms with E-state index < -0.39 is 11.1 Å². The molecule has 1 atom stereocenters. The van der Waals surface area contributed by atoms with Gasteiger partial charge in [0.1, 0.15) is 17.2 Å². The smallest absolute Gasteiger partial charge is 0.211 e. The third kappa shape index (κ3) is 4.01. The zero-order valence-electron chi connectivity index (χ0n) is 23.7. The second kappa shape index (κ2) is 9.66. The number of rotatable bonds is 6. The van der Waals surface area contributed by atoms with Crippen LogP contribution in [0.1, 0.15) is 56.8 Å². The fraction of sp³-hybridized carbons (Fsp3) is 0.200. The number of carbonyl (C=O) groups is 2. The molecule has 2 aliphatic rings. The predicted octanol–water partition coefficient (Wildman–Crippen LogP) is 6.70. The molecule has 0 saturated heterocycles. The van der Waals surface area contributed by atoms with Crippen molar-refractivity contribution >= 4 is 23.3 Å². The lowest BCUT2D eigenvalue weighted by Crippen LogP contribution is -2.58. The molecule has 1 spiro atoms. The van der Waals surface area contributed by atoms with E-state index in [0.29, 0.717) is 39.5 Å². The van der Waals surface area contributed by atoms with E-state index in [1.165, 1.54) is 7.11 Å². The number of ketones is 2. The van der Waals surface area contributed by atoms with Crippen molar-refractivity contribution in [1.29, 1.82) is 0 Å².